The summed E-state index contributed by atoms with van der Waals surface area (Å²) in [6, 6.07) is 3.15. The molecule has 1 amide bonds. The summed E-state index contributed by atoms with van der Waals surface area (Å²) in [7, 11) is 1.36. The second-order valence-electron chi connectivity index (χ2n) is 5.42. The monoisotopic (exact) mass is 442 g/mol. The number of anilines is 1. The van der Waals surface area contributed by atoms with Crippen LogP contribution in [0.5, 0.6) is 0 Å². The maximum Gasteiger partial charge on any atom is 0.341 e. The number of fused-ring (bicyclic) bond motifs is 1. The number of furan rings is 1. The SMILES string of the molecule is COC(=O)c1c(NC(=S)NC(=O)c2ccc(Br)o2)sc2c1CCCC2. The van der Waals surface area contributed by atoms with E-state index in [1.54, 1.807) is 6.07 Å². The molecule has 6 nitrogen and oxygen atoms in total. The Labute approximate surface area is 162 Å². The number of thiophene rings is 1. The average molecular weight is 443 g/mol. The first-order valence-corrected chi connectivity index (χ1v) is 9.62. The molecule has 0 atom stereocenters. The lowest BCUT2D eigenvalue weighted by molar-refractivity contribution is 0.0601. The van der Waals surface area contributed by atoms with Crippen LogP contribution in [0.4, 0.5) is 5.00 Å². The number of carbonyl (C=O) groups is 2. The van der Waals surface area contributed by atoms with E-state index in [1.807, 2.05) is 0 Å². The Kier molecular flexibility index (Phi) is 5.55. The van der Waals surface area contributed by atoms with Crippen molar-refractivity contribution in [1.82, 2.24) is 5.32 Å². The van der Waals surface area contributed by atoms with E-state index in [0.717, 1.165) is 31.2 Å². The summed E-state index contributed by atoms with van der Waals surface area (Å²) in [6.07, 6.45) is 3.92. The van der Waals surface area contributed by atoms with Gasteiger partial charge in [-0.3, -0.25) is 10.1 Å². The van der Waals surface area contributed by atoms with E-state index in [0.29, 0.717) is 15.2 Å². The number of ether oxygens (including phenoxy) is 1. The standard InChI is InChI=1S/C16H15BrN2O4S2/c1-22-15(21)12-8-4-2-3-5-10(8)25-14(12)19-16(24)18-13(20)9-6-7-11(17)23-9/h6-7H,2-5H2,1H3,(H2,18,19,20,24). The van der Waals surface area contributed by atoms with Crippen molar-refractivity contribution in [3.8, 4) is 0 Å². The van der Waals surface area contributed by atoms with Gasteiger partial charge in [0, 0.05) is 4.88 Å². The fourth-order valence-corrected chi connectivity index (χ4v) is 4.56. The van der Waals surface area contributed by atoms with Gasteiger partial charge in [0.1, 0.15) is 5.00 Å². The summed E-state index contributed by atoms with van der Waals surface area (Å²) in [6.45, 7) is 0. The number of thiocarbonyl (C=S) groups is 1. The average Bonchev–Trinajstić information content (AvgIpc) is 3.17. The lowest BCUT2D eigenvalue weighted by atomic mass is 9.95. The van der Waals surface area contributed by atoms with Gasteiger partial charge in [-0.05, 0) is 71.5 Å². The molecule has 0 aliphatic heterocycles. The zero-order chi connectivity index (χ0) is 18.0. The fraction of sp³-hybridized carbons (Fsp3) is 0.312. The molecule has 0 saturated heterocycles. The van der Waals surface area contributed by atoms with E-state index in [2.05, 4.69) is 26.6 Å². The van der Waals surface area contributed by atoms with Gasteiger partial charge in [0.25, 0.3) is 5.91 Å². The van der Waals surface area contributed by atoms with E-state index >= 15 is 0 Å². The van der Waals surface area contributed by atoms with Gasteiger partial charge in [-0.2, -0.15) is 0 Å². The highest BCUT2D eigenvalue weighted by Gasteiger charge is 2.26. The fourth-order valence-electron chi connectivity index (χ4n) is 2.71. The molecule has 0 unspecified atom stereocenters. The second-order valence-corrected chi connectivity index (χ2v) is 7.71. The first-order valence-electron chi connectivity index (χ1n) is 7.60. The van der Waals surface area contributed by atoms with Crippen LogP contribution in [0.2, 0.25) is 0 Å². The molecular weight excluding hydrogens is 428 g/mol. The van der Waals surface area contributed by atoms with Crippen molar-refractivity contribution in [3.05, 3.63) is 38.6 Å². The van der Waals surface area contributed by atoms with E-state index in [-0.39, 0.29) is 10.9 Å². The third-order valence-electron chi connectivity index (χ3n) is 3.81. The van der Waals surface area contributed by atoms with Gasteiger partial charge in [-0.1, -0.05) is 0 Å². The summed E-state index contributed by atoms with van der Waals surface area (Å²) in [5.74, 6) is -0.732. The highest BCUT2D eigenvalue weighted by atomic mass is 79.9. The van der Waals surface area contributed by atoms with Crippen molar-refractivity contribution in [2.24, 2.45) is 0 Å². The quantitative estimate of drug-likeness (QED) is 0.554. The molecule has 0 radical (unpaired) electrons. The van der Waals surface area contributed by atoms with Gasteiger partial charge in [0.2, 0.25) is 0 Å². The number of carbonyl (C=O) groups excluding carboxylic acids is 2. The number of hydrogen-bond donors (Lipinski definition) is 2. The van der Waals surface area contributed by atoms with Gasteiger partial charge in [0.15, 0.2) is 15.5 Å². The van der Waals surface area contributed by atoms with Gasteiger partial charge in [-0.15, -0.1) is 11.3 Å². The molecule has 1 aliphatic rings. The summed E-state index contributed by atoms with van der Waals surface area (Å²) < 4.78 is 10.6. The Morgan fingerprint density at radius 3 is 2.76 bits per heavy atom. The zero-order valence-electron chi connectivity index (χ0n) is 13.3. The minimum absolute atomic E-state index is 0.0984. The van der Waals surface area contributed by atoms with Gasteiger partial charge < -0.3 is 14.5 Å². The van der Waals surface area contributed by atoms with Gasteiger partial charge >= 0.3 is 5.97 Å². The third kappa shape index (κ3) is 3.94. The van der Waals surface area contributed by atoms with E-state index in [9.17, 15) is 9.59 Å². The number of aryl methyl sites for hydroxylation is 1. The van der Waals surface area contributed by atoms with Crippen LogP contribution < -0.4 is 10.6 Å². The first-order chi connectivity index (χ1) is 12.0. The molecule has 25 heavy (non-hydrogen) atoms. The summed E-state index contributed by atoms with van der Waals surface area (Å²) in [5.41, 5.74) is 1.54. The van der Waals surface area contributed by atoms with Crippen LogP contribution in [-0.2, 0) is 17.6 Å². The third-order valence-corrected chi connectivity index (χ3v) is 5.65. The zero-order valence-corrected chi connectivity index (χ0v) is 16.5. The molecule has 2 heterocycles. The van der Waals surface area contributed by atoms with Crippen LogP contribution in [0.1, 0.15) is 44.2 Å². The highest BCUT2D eigenvalue weighted by Crippen LogP contribution is 2.38. The van der Waals surface area contributed by atoms with Crippen molar-refractivity contribution in [1.29, 1.82) is 0 Å². The molecule has 3 rings (SSSR count). The lowest BCUT2D eigenvalue weighted by Gasteiger charge is -2.12. The van der Waals surface area contributed by atoms with Crippen molar-refractivity contribution in [3.63, 3.8) is 0 Å². The molecule has 0 spiro atoms. The number of amides is 1. The number of hydrogen-bond acceptors (Lipinski definition) is 6. The van der Waals surface area contributed by atoms with Gasteiger partial charge in [0.05, 0.1) is 12.7 Å². The van der Waals surface area contributed by atoms with Crippen molar-refractivity contribution in [2.45, 2.75) is 25.7 Å². The van der Waals surface area contributed by atoms with Crippen molar-refractivity contribution in [2.75, 3.05) is 12.4 Å². The lowest BCUT2D eigenvalue weighted by Crippen LogP contribution is -2.34. The van der Waals surface area contributed by atoms with Crippen molar-refractivity contribution < 1.29 is 18.7 Å². The number of nitrogens with one attached hydrogen (secondary N) is 2. The Hall–Kier alpha value is -1.71. The largest absolute Gasteiger partial charge is 0.465 e. The minimum Gasteiger partial charge on any atom is -0.465 e. The topological polar surface area (TPSA) is 80.6 Å². The van der Waals surface area contributed by atoms with Crippen LogP contribution in [0, 0.1) is 0 Å². The minimum atomic E-state index is -0.468. The van der Waals surface area contributed by atoms with E-state index < -0.39 is 11.9 Å². The molecular formula is C16H15BrN2O4S2. The predicted octanol–water partition coefficient (Wildman–Crippen LogP) is 3.90. The highest BCUT2D eigenvalue weighted by molar-refractivity contribution is 9.10. The number of rotatable bonds is 3. The second kappa shape index (κ2) is 7.67. The predicted molar refractivity (Wildman–Crippen MR) is 102 cm³/mol. The van der Waals surface area contributed by atoms with E-state index in [1.165, 1.54) is 29.4 Å². The number of esters is 1. The van der Waals surface area contributed by atoms with Crippen LogP contribution in [0.3, 0.4) is 0 Å². The Morgan fingerprint density at radius 2 is 2.08 bits per heavy atom. The van der Waals surface area contributed by atoms with Crippen LogP contribution in [-0.4, -0.2) is 24.1 Å². The molecule has 132 valence electrons. The van der Waals surface area contributed by atoms with Gasteiger partial charge in [-0.25, -0.2) is 4.79 Å². The smallest absolute Gasteiger partial charge is 0.341 e. The molecule has 0 saturated carbocycles. The molecule has 2 aromatic rings. The molecule has 0 bridgehead atoms. The maximum atomic E-state index is 12.2. The molecule has 1 aliphatic carbocycles. The van der Waals surface area contributed by atoms with E-state index in [4.69, 9.17) is 21.4 Å². The Balaban J connectivity index is 1.77. The Morgan fingerprint density at radius 1 is 1.32 bits per heavy atom. The normalized spacial score (nSPS) is 13.0. The molecule has 9 heteroatoms. The van der Waals surface area contributed by atoms with Crippen molar-refractivity contribution >= 4 is 61.5 Å². The summed E-state index contributed by atoms with van der Waals surface area (Å²) >= 11 is 9.82. The Bertz CT molecular complexity index is 843. The molecule has 2 N–H and O–H groups in total. The van der Waals surface area contributed by atoms with Crippen LogP contribution >= 0.6 is 39.5 Å². The summed E-state index contributed by atoms with van der Waals surface area (Å²) in [4.78, 5) is 25.4. The number of halogens is 1. The van der Waals surface area contributed by atoms with Crippen LogP contribution in [0.25, 0.3) is 0 Å². The number of methoxy groups -OCH3 is 1. The molecule has 0 aromatic carbocycles. The first kappa shape index (κ1) is 18.1. The molecule has 0 fully saturated rings. The maximum absolute atomic E-state index is 12.2. The summed E-state index contributed by atoms with van der Waals surface area (Å²) in [5, 5.41) is 6.20. The van der Waals surface area contributed by atoms with Crippen LogP contribution in [0.15, 0.2) is 21.2 Å². The molecule has 2 aromatic heterocycles.